The number of aliphatic imine (C=N–C) groups is 1. The van der Waals surface area contributed by atoms with Gasteiger partial charge in [-0.05, 0) is 24.9 Å². The Morgan fingerprint density at radius 1 is 1.39 bits per heavy atom. The Bertz CT molecular complexity index is 531. The van der Waals surface area contributed by atoms with Gasteiger partial charge >= 0.3 is 0 Å². The molecule has 2 heterocycles. The van der Waals surface area contributed by atoms with Crippen molar-refractivity contribution in [1.29, 1.82) is 0 Å². The molecule has 2 aromatic rings. The largest absolute Gasteiger partial charge is 0.253 e. The van der Waals surface area contributed by atoms with Crippen LogP contribution in [0.4, 0.5) is 5.82 Å². The summed E-state index contributed by atoms with van der Waals surface area (Å²) in [5, 5.41) is 0. The van der Waals surface area contributed by atoms with Gasteiger partial charge < -0.3 is 0 Å². The number of pyridine rings is 1. The van der Waals surface area contributed by atoms with Gasteiger partial charge in [0, 0.05) is 6.20 Å². The lowest BCUT2D eigenvalue weighted by atomic mass is 10.3. The highest BCUT2D eigenvalue weighted by atomic mass is 32.1. The normalized spacial score (nSPS) is 9.28. The summed E-state index contributed by atoms with van der Waals surface area (Å²) in [6.45, 7) is 11.1. The predicted octanol–water partition coefficient (Wildman–Crippen LogP) is 3.64. The third-order valence-electron chi connectivity index (χ3n) is 2.09. The van der Waals surface area contributed by atoms with E-state index in [2.05, 4.69) is 41.1 Å². The molecular formula is C13H16N4S. The predicted molar refractivity (Wildman–Crippen MR) is 80.5 cm³/mol. The number of imidazole rings is 1. The topological polar surface area (TPSA) is 43.1 Å². The maximum atomic E-state index is 4.34. The van der Waals surface area contributed by atoms with Crippen LogP contribution in [0.1, 0.15) is 19.5 Å². The van der Waals surface area contributed by atoms with E-state index >= 15 is 0 Å². The molecule has 0 amide bonds. The fraction of sp³-hybridized carbons (Fsp3) is 0.154. The molecule has 0 saturated carbocycles. The Balaban J connectivity index is 0.000000771. The molecule has 18 heavy (non-hydrogen) atoms. The van der Waals surface area contributed by atoms with Gasteiger partial charge in [-0.15, -0.1) is 0 Å². The molecule has 0 saturated heterocycles. The van der Waals surface area contributed by atoms with Crippen molar-refractivity contribution in [3.05, 3.63) is 36.7 Å². The number of hydrogen-bond donors (Lipinski definition) is 1. The van der Waals surface area contributed by atoms with E-state index in [1.165, 1.54) is 0 Å². The molecule has 2 rings (SSSR count). The Morgan fingerprint density at radius 3 is 2.56 bits per heavy atom. The summed E-state index contributed by atoms with van der Waals surface area (Å²) in [6.07, 6.45) is 3.32. The van der Waals surface area contributed by atoms with Crippen LogP contribution in [0.25, 0.3) is 17.6 Å². The van der Waals surface area contributed by atoms with Crippen molar-refractivity contribution in [3.63, 3.8) is 0 Å². The molecule has 0 aromatic carbocycles. The monoisotopic (exact) mass is 260 g/mol. The van der Waals surface area contributed by atoms with Gasteiger partial charge in [0.25, 0.3) is 0 Å². The summed E-state index contributed by atoms with van der Waals surface area (Å²) in [5.41, 5.74) is 1.38. The lowest BCUT2D eigenvalue weighted by molar-refractivity contribution is 1.18. The molecule has 5 heteroatoms. The standard InChI is InChI=1S/C11H10N4S.C2H6/c1-3-8-10(12-2)15(16)11(14-8)9-6-4-5-7-13-9;1-2/h3-7,16H,1-2H2;1-2H3. The molecule has 0 aliphatic rings. The second-order valence-electron chi connectivity index (χ2n) is 3.03. The molecule has 0 aliphatic carbocycles. The number of rotatable bonds is 3. The quantitative estimate of drug-likeness (QED) is 0.676. The van der Waals surface area contributed by atoms with Gasteiger partial charge in [0.05, 0.1) is 0 Å². The fourth-order valence-electron chi connectivity index (χ4n) is 1.37. The van der Waals surface area contributed by atoms with Crippen LogP contribution in [-0.4, -0.2) is 20.7 Å². The molecule has 0 bridgehead atoms. The van der Waals surface area contributed by atoms with E-state index in [1.54, 1.807) is 16.2 Å². The molecule has 0 fully saturated rings. The zero-order chi connectivity index (χ0) is 13.5. The average Bonchev–Trinajstić information content (AvgIpc) is 2.78. The molecular weight excluding hydrogens is 244 g/mol. The van der Waals surface area contributed by atoms with Crippen LogP contribution >= 0.6 is 12.8 Å². The molecule has 0 radical (unpaired) electrons. The summed E-state index contributed by atoms with van der Waals surface area (Å²) in [4.78, 5) is 12.4. The number of aromatic nitrogens is 3. The van der Waals surface area contributed by atoms with Crippen LogP contribution in [0.3, 0.4) is 0 Å². The van der Waals surface area contributed by atoms with Crippen molar-refractivity contribution in [2.45, 2.75) is 13.8 Å². The smallest absolute Gasteiger partial charge is 0.171 e. The van der Waals surface area contributed by atoms with E-state index in [1.807, 2.05) is 32.0 Å². The van der Waals surface area contributed by atoms with Gasteiger partial charge in [0.2, 0.25) is 0 Å². The zero-order valence-corrected chi connectivity index (χ0v) is 11.4. The maximum absolute atomic E-state index is 4.34. The molecule has 0 spiro atoms. The van der Waals surface area contributed by atoms with E-state index in [0.717, 1.165) is 5.69 Å². The minimum Gasteiger partial charge on any atom is -0.253 e. The van der Waals surface area contributed by atoms with Crippen molar-refractivity contribution in [1.82, 2.24) is 13.9 Å². The van der Waals surface area contributed by atoms with Crippen LogP contribution in [0, 0.1) is 0 Å². The zero-order valence-electron chi connectivity index (χ0n) is 10.5. The highest BCUT2D eigenvalue weighted by Gasteiger charge is 2.14. The van der Waals surface area contributed by atoms with Crippen LogP contribution in [0.5, 0.6) is 0 Å². The van der Waals surface area contributed by atoms with Crippen LogP contribution in [-0.2, 0) is 0 Å². The lowest BCUT2D eigenvalue weighted by Crippen LogP contribution is -1.89. The molecule has 0 aliphatic heterocycles. The number of hydrogen-bond acceptors (Lipinski definition) is 4. The van der Waals surface area contributed by atoms with Crippen LogP contribution in [0.2, 0.25) is 0 Å². The first-order valence-electron chi connectivity index (χ1n) is 5.60. The van der Waals surface area contributed by atoms with E-state index < -0.39 is 0 Å². The van der Waals surface area contributed by atoms with Crippen molar-refractivity contribution in [2.24, 2.45) is 4.99 Å². The van der Waals surface area contributed by atoms with Crippen molar-refractivity contribution in [3.8, 4) is 11.5 Å². The minimum atomic E-state index is 0.569. The van der Waals surface area contributed by atoms with E-state index in [9.17, 15) is 0 Å². The summed E-state index contributed by atoms with van der Waals surface area (Å²) >= 11 is 4.31. The molecule has 94 valence electrons. The van der Waals surface area contributed by atoms with E-state index in [0.29, 0.717) is 17.3 Å². The van der Waals surface area contributed by atoms with Gasteiger partial charge in [-0.3, -0.25) is 8.96 Å². The molecule has 0 N–H and O–H groups in total. The minimum absolute atomic E-state index is 0.569. The third kappa shape index (κ3) is 2.68. The Kier molecular flexibility index (Phi) is 5.32. The van der Waals surface area contributed by atoms with Gasteiger partial charge in [-0.2, -0.15) is 0 Å². The van der Waals surface area contributed by atoms with Gasteiger partial charge in [-0.1, -0.05) is 39.3 Å². The number of nitrogens with zero attached hydrogens (tertiary/aromatic N) is 4. The first-order chi connectivity index (χ1) is 8.77. The van der Waals surface area contributed by atoms with Crippen LogP contribution in [0.15, 0.2) is 36.0 Å². The summed E-state index contributed by atoms with van der Waals surface area (Å²) in [5.74, 6) is 1.19. The Morgan fingerprint density at radius 2 is 2.11 bits per heavy atom. The van der Waals surface area contributed by atoms with Crippen molar-refractivity contribution >= 4 is 31.4 Å². The second-order valence-corrected chi connectivity index (χ2v) is 3.43. The maximum Gasteiger partial charge on any atom is 0.171 e. The van der Waals surface area contributed by atoms with Gasteiger partial charge in [0.15, 0.2) is 11.6 Å². The van der Waals surface area contributed by atoms with Gasteiger partial charge in [-0.25, -0.2) is 9.98 Å². The molecule has 2 aromatic heterocycles. The van der Waals surface area contributed by atoms with E-state index in [4.69, 9.17) is 0 Å². The van der Waals surface area contributed by atoms with Crippen LogP contribution < -0.4 is 0 Å². The molecule has 0 atom stereocenters. The van der Waals surface area contributed by atoms with Crippen molar-refractivity contribution in [2.75, 3.05) is 0 Å². The second kappa shape index (κ2) is 6.76. The molecule has 4 nitrogen and oxygen atoms in total. The summed E-state index contributed by atoms with van der Waals surface area (Å²) in [6, 6.07) is 5.59. The highest BCUT2D eigenvalue weighted by Crippen LogP contribution is 2.28. The average molecular weight is 260 g/mol. The number of thiol groups is 1. The highest BCUT2D eigenvalue weighted by molar-refractivity contribution is 7.78. The third-order valence-corrected chi connectivity index (χ3v) is 2.47. The Labute approximate surface area is 113 Å². The SMILES string of the molecule is C=Cc1nc(-c2ccccn2)n(S)c1N=C.CC. The first kappa shape index (κ1) is 14.2. The Hall–Kier alpha value is -1.88. The summed E-state index contributed by atoms with van der Waals surface area (Å²) < 4.78 is 1.55. The first-order valence-corrected chi connectivity index (χ1v) is 6.00. The lowest BCUT2D eigenvalue weighted by Gasteiger charge is -1.99. The molecule has 0 unspecified atom stereocenters. The summed E-state index contributed by atoms with van der Waals surface area (Å²) in [7, 11) is 0. The van der Waals surface area contributed by atoms with Gasteiger partial charge in [0.1, 0.15) is 11.4 Å². The fourth-order valence-corrected chi connectivity index (χ4v) is 1.68. The van der Waals surface area contributed by atoms with E-state index in [-0.39, 0.29) is 0 Å². The van der Waals surface area contributed by atoms with Crippen molar-refractivity contribution < 1.29 is 0 Å².